The van der Waals surface area contributed by atoms with E-state index in [0.29, 0.717) is 23.4 Å². The van der Waals surface area contributed by atoms with Crippen LogP contribution in [0, 0.1) is 11.8 Å². The number of benzene rings is 1. The lowest BCUT2D eigenvalue weighted by molar-refractivity contribution is -0.135. The number of aryl methyl sites for hydroxylation is 2. The maximum absolute atomic E-state index is 14.2. The first-order valence-electron chi connectivity index (χ1n) is 21.1. The van der Waals surface area contributed by atoms with E-state index >= 15 is 0 Å². The first-order valence-corrected chi connectivity index (χ1v) is 21.1. The molecule has 2 aliphatic carbocycles. The molecule has 0 bridgehead atoms. The van der Waals surface area contributed by atoms with Crippen molar-refractivity contribution >= 4 is 34.4 Å². The number of nitrogens with zero attached hydrogens (tertiary/aromatic N) is 8. The minimum absolute atomic E-state index is 0.00973. The second kappa shape index (κ2) is 16.8. The molecule has 6 heterocycles. The SMILES string of the molecule is Cn1c(=O)n(C2CCC(=O)NC2=O)c2ccc(CN3CCN(CC4CCC(n5cc(NC(=O)c6coc(-c7ccnc(CCC8CC8)c7)n6)c(C(F)F)n5)CC4)CC3)cc21. The molecule has 2 saturated heterocycles. The van der Waals surface area contributed by atoms with Crippen molar-refractivity contribution in [1.82, 2.24) is 44.0 Å². The number of carbonyl (C=O) groups excluding carboxylic acids is 3. The van der Waals surface area contributed by atoms with Crippen molar-refractivity contribution in [2.24, 2.45) is 18.9 Å². The summed E-state index contributed by atoms with van der Waals surface area (Å²) in [4.78, 5) is 64.3. The van der Waals surface area contributed by atoms with Gasteiger partial charge in [0.2, 0.25) is 17.7 Å². The monoisotopic (exact) mass is 824 g/mol. The van der Waals surface area contributed by atoms with Gasteiger partial charge in [-0.25, -0.2) is 18.6 Å². The minimum Gasteiger partial charge on any atom is -0.444 e. The summed E-state index contributed by atoms with van der Waals surface area (Å²) in [7, 11) is 1.71. The Morgan fingerprint density at radius 3 is 2.47 bits per heavy atom. The number of carbonyl (C=O) groups is 3. The van der Waals surface area contributed by atoms with E-state index in [1.807, 2.05) is 24.3 Å². The maximum atomic E-state index is 14.2. The van der Waals surface area contributed by atoms with Crippen molar-refractivity contribution in [2.75, 3.05) is 38.0 Å². The Labute approximate surface area is 345 Å². The molecule has 4 fully saturated rings. The summed E-state index contributed by atoms with van der Waals surface area (Å²) in [6.45, 7) is 5.40. The number of fused-ring (bicyclic) bond motifs is 1. The standard InChI is InChI=1S/C43H50F2N10O5/c1-51-36-20-28(7-11-34(36)55(43(51)59)35-12-13-37(56)49-41(35)58)23-53-18-16-52(17-19-53)22-27-5-9-31(10-6-27)54-24-32(38(50-54)39(44)45)47-40(57)33-25-60-42(48-33)29-14-15-46-30(21-29)8-4-26-2-3-26/h7,11,14-15,20-21,24-27,31,35,39H,2-6,8-10,12-13,16-19,22-23H2,1H3,(H,47,57)(H,49,56,58). The molecule has 2 N–H and O–H groups in total. The minimum atomic E-state index is -2.86. The van der Waals surface area contributed by atoms with Gasteiger partial charge in [0.25, 0.3) is 12.3 Å². The normalized spacial score (nSPS) is 21.8. The smallest absolute Gasteiger partial charge is 0.329 e. The second-order valence-electron chi connectivity index (χ2n) is 17.0. The van der Waals surface area contributed by atoms with Crippen molar-refractivity contribution in [3.05, 3.63) is 82.1 Å². The van der Waals surface area contributed by atoms with Crippen LogP contribution in [-0.4, -0.2) is 89.1 Å². The second-order valence-corrected chi connectivity index (χ2v) is 17.0. The third-order valence-electron chi connectivity index (χ3n) is 12.8. The maximum Gasteiger partial charge on any atom is 0.329 e. The summed E-state index contributed by atoms with van der Waals surface area (Å²) in [5.41, 5.74) is 3.39. The number of piperazine rings is 1. The fourth-order valence-corrected chi connectivity index (χ4v) is 9.14. The van der Waals surface area contributed by atoms with Gasteiger partial charge in [0.15, 0.2) is 11.4 Å². The summed E-state index contributed by atoms with van der Waals surface area (Å²) in [5, 5.41) is 9.22. The van der Waals surface area contributed by atoms with Crippen molar-refractivity contribution in [1.29, 1.82) is 0 Å². The molecule has 9 rings (SSSR count). The Kier molecular flexibility index (Phi) is 11.2. The lowest BCUT2D eigenvalue weighted by Crippen LogP contribution is -2.47. The van der Waals surface area contributed by atoms with Crippen molar-refractivity contribution < 1.29 is 27.6 Å². The average molecular weight is 825 g/mol. The molecule has 5 aromatic rings. The Balaban J connectivity index is 0.753. The van der Waals surface area contributed by atoms with E-state index in [0.717, 1.165) is 100 Å². The number of alkyl halides is 2. The highest BCUT2D eigenvalue weighted by Gasteiger charge is 2.32. The van der Waals surface area contributed by atoms with Crippen LogP contribution in [0.1, 0.15) is 104 Å². The highest BCUT2D eigenvalue weighted by Crippen LogP contribution is 2.36. The van der Waals surface area contributed by atoms with E-state index in [1.54, 1.807) is 28.6 Å². The zero-order valence-corrected chi connectivity index (χ0v) is 33.7. The zero-order chi connectivity index (χ0) is 41.5. The van der Waals surface area contributed by atoms with Gasteiger partial charge in [-0.3, -0.25) is 43.4 Å². The number of hydrogen-bond donors (Lipinski definition) is 2. The summed E-state index contributed by atoms with van der Waals surface area (Å²) in [5.74, 6) is 0.138. The van der Waals surface area contributed by atoms with Crippen LogP contribution >= 0.6 is 0 Å². The third kappa shape index (κ3) is 8.55. The average Bonchev–Trinajstić information content (AvgIpc) is 3.66. The number of imidazole rings is 1. The number of pyridine rings is 1. The van der Waals surface area contributed by atoms with E-state index in [1.165, 1.54) is 29.9 Å². The molecule has 1 unspecified atom stereocenters. The fraction of sp³-hybridized carbons (Fsp3) is 0.512. The Hall–Kier alpha value is -5.55. The Morgan fingerprint density at radius 1 is 0.950 bits per heavy atom. The van der Waals surface area contributed by atoms with Crippen LogP contribution in [0.25, 0.3) is 22.5 Å². The molecule has 2 saturated carbocycles. The van der Waals surface area contributed by atoms with Gasteiger partial charge in [-0.15, -0.1) is 0 Å². The van der Waals surface area contributed by atoms with Crippen LogP contribution in [0.5, 0.6) is 0 Å². The summed E-state index contributed by atoms with van der Waals surface area (Å²) in [6.07, 6.45) is 10.1. The topological polar surface area (TPSA) is 165 Å². The van der Waals surface area contributed by atoms with E-state index < -0.39 is 30.0 Å². The van der Waals surface area contributed by atoms with Gasteiger partial charge >= 0.3 is 5.69 Å². The van der Waals surface area contributed by atoms with Gasteiger partial charge in [-0.05, 0) is 86.6 Å². The van der Waals surface area contributed by atoms with E-state index in [2.05, 4.69) is 35.5 Å². The Bertz CT molecular complexity index is 2450. The van der Waals surface area contributed by atoms with E-state index in [4.69, 9.17) is 4.42 Å². The number of aromatic nitrogens is 6. The van der Waals surface area contributed by atoms with Crippen LogP contribution < -0.4 is 16.3 Å². The lowest BCUT2D eigenvalue weighted by atomic mass is 9.85. The van der Waals surface area contributed by atoms with Crippen molar-refractivity contribution in [3.8, 4) is 11.5 Å². The molecule has 1 aromatic carbocycles. The first-order chi connectivity index (χ1) is 29.1. The number of anilines is 1. The molecule has 316 valence electrons. The number of piperidine rings is 1. The number of halogens is 2. The molecular formula is C43H50F2N10O5. The van der Waals surface area contributed by atoms with Gasteiger partial charge in [0.05, 0.1) is 22.8 Å². The Morgan fingerprint density at radius 2 is 1.72 bits per heavy atom. The molecule has 17 heteroatoms. The van der Waals surface area contributed by atoms with Gasteiger partial charge < -0.3 is 14.6 Å². The molecule has 1 atom stereocenters. The number of rotatable bonds is 13. The van der Waals surface area contributed by atoms with Gasteiger partial charge in [0.1, 0.15) is 12.3 Å². The van der Waals surface area contributed by atoms with Crippen molar-refractivity contribution in [3.63, 3.8) is 0 Å². The summed E-state index contributed by atoms with van der Waals surface area (Å²) < 4.78 is 38.7. The van der Waals surface area contributed by atoms with Crippen LogP contribution in [0.4, 0.5) is 14.5 Å². The highest BCUT2D eigenvalue weighted by molar-refractivity contribution is 6.03. The van der Waals surface area contributed by atoms with E-state index in [9.17, 15) is 28.0 Å². The van der Waals surface area contributed by atoms with Crippen LogP contribution in [-0.2, 0) is 29.6 Å². The van der Waals surface area contributed by atoms with Crippen LogP contribution in [0.15, 0.2) is 58.2 Å². The number of imide groups is 1. The van der Waals surface area contributed by atoms with E-state index in [-0.39, 0.29) is 41.3 Å². The largest absolute Gasteiger partial charge is 0.444 e. The quantitative estimate of drug-likeness (QED) is 0.142. The van der Waals surface area contributed by atoms with Gasteiger partial charge in [-0.1, -0.05) is 18.9 Å². The number of nitrogens with one attached hydrogen (secondary N) is 2. The summed E-state index contributed by atoms with van der Waals surface area (Å²) in [6, 6.07) is 8.86. The summed E-state index contributed by atoms with van der Waals surface area (Å²) >= 11 is 0. The molecule has 4 aliphatic rings. The molecule has 4 aromatic heterocycles. The van der Waals surface area contributed by atoms with Gasteiger partial charge in [-0.2, -0.15) is 5.10 Å². The number of oxazole rings is 1. The van der Waals surface area contributed by atoms with Gasteiger partial charge in [0, 0.05) is 76.4 Å². The molecule has 15 nitrogen and oxygen atoms in total. The lowest BCUT2D eigenvalue weighted by Gasteiger charge is -2.38. The van der Waals surface area contributed by atoms with Crippen LogP contribution in [0.2, 0.25) is 0 Å². The predicted octanol–water partition coefficient (Wildman–Crippen LogP) is 5.65. The van der Waals surface area contributed by atoms with Crippen LogP contribution in [0.3, 0.4) is 0 Å². The highest BCUT2D eigenvalue weighted by atomic mass is 19.3. The molecule has 3 amide bonds. The molecule has 0 spiro atoms. The van der Waals surface area contributed by atoms with Crippen molar-refractivity contribution in [2.45, 2.75) is 89.3 Å². The number of hydrogen-bond acceptors (Lipinski definition) is 10. The first kappa shape index (κ1) is 39.9. The fourth-order valence-electron chi connectivity index (χ4n) is 9.14. The zero-order valence-electron chi connectivity index (χ0n) is 33.7. The predicted molar refractivity (Wildman–Crippen MR) is 217 cm³/mol. The molecule has 60 heavy (non-hydrogen) atoms. The molecule has 2 aliphatic heterocycles. The molecular weight excluding hydrogens is 775 g/mol. The number of amides is 3. The molecule has 0 radical (unpaired) electrons. The third-order valence-corrected chi connectivity index (χ3v) is 12.8.